The summed E-state index contributed by atoms with van der Waals surface area (Å²) in [4.78, 5) is 18.3. The van der Waals surface area contributed by atoms with Crippen LogP contribution >= 0.6 is 0 Å². The number of anilines is 1. The van der Waals surface area contributed by atoms with E-state index in [0.717, 1.165) is 48.6 Å². The molecule has 0 fully saturated rings. The van der Waals surface area contributed by atoms with E-state index < -0.39 is 10.0 Å². The van der Waals surface area contributed by atoms with Gasteiger partial charge in [-0.15, -0.1) is 0 Å². The number of aromatic nitrogens is 2. The Labute approximate surface area is 159 Å². The number of aryl methyl sites for hydroxylation is 2. The lowest BCUT2D eigenvalue weighted by Crippen LogP contribution is -2.33. The van der Waals surface area contributed by atoms with E-state index in [-0.39, 0.29) is 23.4 Å². The van der Waals surface area contributed by atoms with Crippen molar-refractivity contribution in [3.05, 3.63) is 41.5 Å². The van der Waals surface area contributed by atoms with Gasteiger partial charge in [-0.25, -0.2) is 18.1 Å². The third-order valence-corrected chi connectivity index (χ3v) is 6.72. The van der Waals surface area contributed by atoms with Gasteiger partial charge in [0.15, 0.2) is 0 Å². The molecule has 144 valence electrons. The molecule has 1 aromatic heterocycles. The molecule has 2 aromatic rings. The van der Waals surface area contributed by atoms with Crippen LogP contribution < -0.4 is 9.62 Å². The first kappa shape index (κ1) is 18.2. The predicted octanol–water partition coefficient (Wildman–Crippen LogP) is 2.00. The van der Waals surface area contributed by atoms with Crippen molar-refractivity contribution in [2.24, 2.45) is 0 Å². The maximum Gasteiger partial charge on any atom is 0.240 e. The predicted molar refractivity (Wildman–Crippen MR) is 102 cm³/mol. The number of benzene rings is 1. The van der Waals surface area contributed by atoms with Crippen molar-refractivity contribution < 1.29 is 13.2 Å². The van der Waals surface area contributed by atoms with E-state index in [4.69, 9.17) is 0 Å². The van der Waals surface area contributed by atoms with Gasteiger partial charge in [0.25, 0.3) is 0 Å². The minimum absolute atomic E-state index is 0.0290. The lowest BCUT2D eigenvalue weighted by atomic mass is 10.1. The molecule has 0 radical (unpaired) electrons. The van der Waals surface area contributed by atoms with E-state index in [1.54, 1.807) is 23.1 Å². The third-order valence-electron chi connectivity index (χ3n) is 5.32. The van der Waals surface area contributed by atoms with Crippen LogP contribution in [0.25, 0.3) is 0 Å². The lowest BCUT2D eigenvalue weighted by Gasteiger charge is -2.20. The van der Waals surface area contributed by atoms with Gasteiger partial charge in [-0.2, -0.15) is 0 Å². The zero-order chi connectivity index (χ0) is 19.2. The summed E-state index contributed by atoms with van der Waals surface area (Å²) < 4.78 is 30.2. The number of hydrogen-bond donors (Lipinski definition) is 1. The summed E-state index contributed by atoms with van der Waals surface area (Å²) in [5, 5.41) is 0. The molecule has 8 heteroatoms. The highest BCUT2D eigenvalue weighted by molar-refractivity contribution is 7.89. The highest BCUT2D eigenvalue weighted by atomic mass is 32.2. The van der Waals surface area contributed by atoms with Crippen LogP contribution in [0, 0.1) is 0 Å². The Bertz CT molecular complexity index is 973. The lowest BCUT2D eigenvalue weighted by molar-refractivity contribution is -0.116. The molecular weight excluding hydrogens is 364 g/mol. The molecule has 0 unspecified atom stereocenters. The Hall–Kier alpha value is -2.19. The Morgan fingerprint density at radius 2 is 2.15 bits per heavy atom. The topological polar surface area (TPSA) is 84.3 Å². The van der Waals surface area contributed by atoms with Crippen molar-refractivity contribution in [3.8, 4) is 0 Å². The molecule has 2 aliphatic heterocycles. The molecule has 4 rings (SSSR count). The molecular formula is C19H24N4O3S. The molecule has 1 aromatic carbocycles. The maximum atomic E-state index is 12.7. The van der Waals surface area contributed by atoms with Crippen molar-refractivity contribution >= 4 is 21.6 Å². The van der Waals surface area contributed by atoms with Crippen molar-refractivity contribution in [3.63, 3.8) is 0 Å². The largest absolute Gasteiger partial charge is 0.335 e. The fourth-order valence-corrected chi connectivity index (χ4v) is 5.11. The first-order valence-corrected chi connectivity index (χ1v) is 10.8. The van der Waals surface area contributed by atoms with E-state index in [2.05, 4.69) is 14.3 Å². The molecule has 0 spiro atoms. The monoisotopic (exact) mass is 388 g/mol. The fourth-order valence-electron chi connectivity index (χ4n) is 4.06. The second kappa shape index (κ2) is 6.76. The van der Waals surface area contributed by atoms with Crippen LogP contribution in [0.5, 0.6) is 0 Å². The van der Waals surface area contributed by atoms with E-state index in [1.807, 2.05) is 13.1 Å². The quantitative estimate of drug-likeness (QED) is 0.868. The van der Waals surface area contributed by atoms with E-state index >= 15 is 0 Å². The van der Waals surface area contributed by atoms with Gasteiger partial charge in [-0.05, 0) is 49.9 Å². The summed E-state index contributed by atoms with van der Waals surface area (Å²) in [5.74, 6) is 1.00. The average Bonchev–Trinajstić information content (AvgIpc) is 3.18. The summed E-state index contributed by atoms with van der Waals surface area (Å²) in [6, 6.07) is 5.01. The van der Waals surface area contributed by atoms with Crippen LogP contribution in [-0.2, 0) is 40.7 Å². The number of hydrogen-bond acceptors (Lipinski definition) is 4. The van der Waals surface area contributed by atoms with Crippen LogP contribution in [0.1, 0.15) is 43.8 Å². The minimum atomic E-state index is -3.64. The highest BCUT2D eigenvalue weighted by Gasteiger charge is 2.30. The van der Waals surface area contributed by atoms with Crippen molar-refractivity contribution in [2.45, 2.75) is 63.6 Å². The number of carbonyl (C=O) groups excluding carboxylic acids is 1. The summed E-state index contributed by atoms with van der Waals surface area (Å²) in [5.41, 5.74) is 2.43. The van der Waals surface area contributed by atoms with Crippen LogP contribution in [0.3, 0.4) is 0 Å². The highest BCUT2D eigenvalue weighted by Crippen LogP contribution is 2.33. The molecule has 3 heterocycles. The van der Waals surface area contributed by atoms with Gasteiger partial charge in [0.05, 0.1) is 17.1 Å². The Balaban J connectivity index is 1.52. The van der Waals surface area contributed by atoms with E-state index in [1.165, 1.54) is 6.92 Å². The number of nitrogens with zero attached hydrogens (tertiary/aromatic N) is 3. The second-order valence-corrected chi connectivity index (χ2v) is 9.12. The summed E-state index contributed by atoms with van der Waals surface area (Å²) in [6.07, 6.45) is 5.81. The number of rotatable bonds is 4. The van der Waals surface area contributed by atoms with Crippen molar-refractivity contribution in [1.82, 2.24) is 14.3 Å². The smallest absolute Gasteiger partial charge is 0.240 e. The van der Waals surface area contributed by atoms with E-state index in [9.17, 15) is 13.2 Å². The van der Waals surface area contributed by atoms with Crippen LogP contribution in [0.4, 0.5) is 5.69 Å². The SMILES string of the molecule is CC(=O)N1c2ccc(S(=O)(=O)NCc3cn4c(n3)CCCC4)cc2C[C@H]1C. The number of nitrogens with one attached hydrogen (secondary N) is 1. The number of sulfonamides is 1. The number of imidazole rings is 1. The molecule has 1 amide bonds. The zero-order valence-electron chi connectivity index (χ0n) is 15.6. The Kier molecular flexibility index (Phi) is 4.55. The molecule has 2 aliphatic rings. The van der Waals surface area contributed by atoms with Crippen molar-refractivity contribution in [1.29, 1.82) is 0 Å². The van der Waals surface area contributed by atoms with Gasteiger partial charge in [-0.1, -0.05) is 0 Å². The second-order valence-electron chi connectivity index (χ2n) is 7.36. The standard InChI is InChI=1S/C19H24N4O3S/c1-13-9-15-10-17(6-7-18(15)23(13)14(2)24)27(25,26)20-11-16-12-22-8-4-3-5-19(22)21-16/h6-7,10,12-13,20H,3-5,8-9,11H2,1-2H3/t13-/m1/s1. The van der Waals surface area contributed by atoms with Gasteiger partial charge >= 0.3 is 0 Å². The average molecular weight is 388 g/mol. The first-order chi connectivity index (χ1) is 12.8. The van der Waals surface area contributed by atoms with Gasteiger partial charge in [0.1, 0.15) is 5.82 Å². The molecule has 0 saturated carbocycles. The molecule has 27 heavy (non-hydrogen) atoms. The number of fused-ring (bicyclic) bond motifs is 2. The van der Waals surface area contributed by atoms with Gasteiger partial charge in [0.2, 0.25) is 15.9 Å². The van der Waals surface area contributed by atoms with Crippen LogP contribution in [-0.4, -0.2) is 29.9 Å². The van der Waals surface area contributed by atoms with E-state index in [0.29, 0.717) is 6.42 Å². The Morgan fingerprint density at radius 1 is 1.33 bits per heavy atom. The van der Waals surface area contributed by atoms with Gasteiger partial charge in [0, 0.05) is 37.8 Å². The maximum absolute atomic E-state index is 12.7. The molecule has 0 bridgehead atoms. The van der Waals surface area contributed by atoms with Crippen molar-refractivity contribution in [2.75, 3.05) is 4.90 Å². The molecule has 0 saturated heterocycles. The minimum Gasteiger partial charge on any atom is -0.335 e. The third kappa shape index (κ3) is 3.39. The number of carbonyl (C=O) groups is 1. The first-order valence-electron chi connectivity index (χ1n) is 9.32. The van der Waals surface area contributed by atoms with Crippen LogP contribution in [0.2, 0.25) is 0 Å². The Morgan fingerprint density at radius 3 is 2.89 bits per heavy atom. The fraction of sp³-hybridized carbons (Fsp3) is 0.474. The van der Waals surface area contributed by atoms with Gasteiger partial charge in [-0.3, -0.25) is 4.79 Å². The molecule has 0 aliphatic carbocycles. The summed E-state index contributed by atoms with van der Waals surface area (Å²) in [6.45, 7) is 4.62. The normalized spacial score (nSPS) is 19.0. The molecule has 7 nitrogen and oxygen atoms in total. The number of amides is 1. The summed E-state index contributed by atoms with van der Waals surface area (Å²) in [7, 11) is -3.64. The molecule has 1 N–H and O–H groups in total. The molecule has 1 atom stereocenters. The van der Waals surface area contributed by atoms with Crippen LogP contribution in [0.15, 0.2) is 29.3 Å². The van der Waals surface area contributed by atoms with Gasteiger partial charge < -0.3 is 9.47 Å². The summed E-state index contributed by atoms with van der Waals surface area (Å²) >= 11 is 0. The zero-order valence-corrected chi connectivity index (χ0v) is 16.4.